The molecule has 0 aliphatic rings. The Morgan fingerprint density at radius 3 is 2.90 bits per heavy atom. The minimum atomic E-state index is -1.64. The molecule has 106 valence electrons. The van der Waals surface area contributed by atoms with Gasteiger partial charge in [0.25, 0.3) is 5.91 Å². The molecule has 0 bridgehead atoms. The van der Waals surface area contributed by atoms with E-state index in [9.17, 15) is 9.59 Å². The monoisotopic (exact) mass is 296 g/mol. The number of rotatable bonds is 5. The van der Waals surface area contributed by atoms with Crippen LogP contribution in [0.15, 0.2) is 22.8 Å². The first-order chi connectivity index (χ1) is 9.49. The van der Waals surface area contributed by atoms with Gasteiger partial charge in [0.1, 0.15) is 5.69 Å². The van der Waals surface area contributed by atoms with Gasteiger partial charge < -0.3 is 19.9 Å². The Morgan fingerprint density at radius 1 is 1.55 bits per heavy atom. The fourth-order valence-electron chi connectivity index (χ4n) is 1.47. The number of carbonyl (C=O) groups excluding carboxylic acids is 1. The molecule has 2 rings (SSSR count). The van der Waals surface area contributed by atoms with Crippen molar-refractivity contribution in [3.05, 3.63) is 29.0 Å². The Hall–Kier alpha value is -2.19. The second-order valence-corrected chi connectivity index (χ2v) is 5.17. The number of aliphatic hydroxyl groups excluding tert-OH is 1. The van der Waals surface area contributed by atoms with Crippen LogP contribution in [0.25, 0.3) is 10.8 Å². The summed E-state index contributed by atoms with van der Waals surface area (Å²) in [5.74, 6) is -1.36. The van der Waals surface area contributed by atoms with Crippen LogP contribution in [0, 0.1) is 6.92 Å². The topological polar surface area (TPSA) is 113 Å². The first kappa shape index (κ1) is 14.2. The van der Waals surface area contributed by atoms with Crippen molar-refractivity contribution in [1.29, 1.82) is 0 Å². The van der Waals surface area contributed by atoms with E-state index in [1.807, 2.05) is 0 Å². The molecule has 0 aliphatic carbocycles. The lowest BCUT2D eigenvalue weighted by Gasteiger charge is -2.06. The minimum Gasteiger partial charge on any atom is -0.479 e. The van der Waals surface area contributed by atoms with Crippen molar-refractivity contribution in [3.63, 3.8) is 0 Å². The minimum absolute atomic E-state index is 0.194. The normalized spacial score (nSPS) is 12.1. The van der Waals surface area contributed by atoms with Crippen molar-refractivity contribution in [2.45, 2.75) is 13.0 Å². The Balaban J connectivity index is 2.09. The first-order valence-electron chi connectivity index (χ1n) is 5.69. The van der Waals surface area contributed by atoms with E-state index in [-0.39, 0.29) is 12.2 Å². The van der Waals surface area contributed by atoms with E-state index >= 15 is 0 Å². The molecule has 0 spiro atoms. The van der Waals surface area contributed by atoms with Crippen LogP contribution in [0.2, 0.25) is 0 Å². The number of furan rings is 1. The number of aromatic nitrogens is 1. The van der Waals surface area contributed by atoms with Gasteiger partial charge in [-0.1, -0.05) is 0 Å². The summed E-state index contributed by atoms with van der Waals surface area (Å²) in [6.45, 7) is 1.36. The number of aliphatic carboxylic acids is 1. The molecule has 1 atom stereocenters. The van der Waals surface area contributed by atoms with E-state index in [1.165, 1.54) is 17.6 Å². The second-order valence-electron chi connectivity index (χ2n) is 3.97. The average Bonchev–Trinajstić information content (AvgIpc) is 3.04. The van der Waals surface area contributed by atoms with Crippen LogP contribution >= 0.6 is 11.3 Å². The number of carboxylic acids is 1. The zero-order valence-corrected chi connectivity index (χ0v) is 11.3. The Morgan fingerprint density at radius 2 is 2.30 bits per heavy atom. The number of carboxylic acid groups (broad SMARTS) is 1. The van der Waals surface area contributed by atoms with Crippen LogP contribution in [0.3, 0.4) is 0 Å². The highest BCUT2D eigenvalue weighted by molar-refractivity contribution is 7.15. The molecule has 0 radical (unpaired) electrons. The third-order valence-electron chi connectivity index (χ3n) is 2.48. The summed E-state index contributed by atoms with van der Waals surface area (Å²) < 4.78 is 5.20. The highest BCUT2D eigenvalue weighted by atomic mass is 32.1. The molecular formula is C12H12N2O5S. The summed E-state index contributed by atoms with van der Waals surface area (Å²) in [7, 11) is 0. The van der Waals surface area contributed by atoms with Gasteiger partial charge in [-0.3, -0.25) is 4.79 Å². The van der Waals surface area contributed by atoms with Crippen molar-refractivity contribution >= 4 is 23.2 Å². The third kappa shape index (κ3) is 3.03. The van der Waals surface area contributed by atoms with Gasteiger partial charge in [0.05, 0.1) is 12.8 Å². The Labute approximate surface area is 117 Å². The molecular weight excluding hydrogens is 284 g/mol. The fourth-order valence-corrected chi connectivity index (χ4v) is 2.35. The summed E-state index contributed by atoms with van der Waals surface area (Å²) in [6.07, 6.45) is -0.128. The van der Waals surface area contributed by atoms with Crippen molar-refractivity contribution in [2.24, 2.45) is 0 Å². The van der Waals surface area contributed by atoms with Gasteiger partial charge in [-0.2, -0.15) is 0 Å². The molecule has 0 saturated heterocycles. The zero-order valence-electron chi connectivity index (χ0n) is 10.5. The fraction of sp³-hybridized carbons (Fsp3) is 0.250. The van der Waals surface area contributed by atoms with Crippen molar-refractivity contribution in [2.75, 3.05) is 6.54 Å². The van der Waals surface area contributed by atoms with Crippen LogP contribution < -0.4 is 5.32 Å². The molecule has 2 aromatic rings. The summed E-state index contributed by atoms with van der Waals surface area (Å²) in [4.78, 5) is 27.2. The van der Waals surface area contributed by atoms with Crippen LogP contribution in [0.1, 0.15) is 15.4 Å². The third-order valence-corrected chi connectivity index (χ3v) is 3.47. The molecule has 0 saturated carbocycles. The molecule has 2 heterocycles. The van der Waals surface area contributed by atoms with E-state index in [4.69, 9.17) is 14.6 Å². The maximum absolute atomic E-state index is 11.9. The van der Waals surface area contributed by atoms with Crippen LogP contribution in [-0.4, -0.2) is 39.7 Å². The van der Waals surface area contributed by atoms with E-state index in [1.54, 1.807) is 19.1 Å². The molecule has 8 heteroatoms. The smallest absolute Gasteiger partial charge is 0.334 e. The molecule has 7 nitrogen and oxygen atoms in total. The molecule has 1 amide bonds. The molecule has 0 aromatic carbocycles. The largest absolute Gasteiger partial charge is 0.479 e. The SMILES string of the molecule is Cc1sc(-c2ccco2)nc1C(=O)NC[C@H](O)C(=O)O. The number of nitrogens with zero attached hydrogens (tertiary/aromatic N) is 1. The second kappa shape index (κ2) is 5.85. The molecule has 0 fully saturated rings. The number of hydrogen-bond donors (Lipinski definition) is 3. The van der Waals surface area contributed by atoms with Gasteiger partial charge in [0.15, 0.2) is 16.9 Å². The maximum Gasteiger partial charge on any atom is 0.334 e. The van der Waals surface area contributed by atoms with Crippen LogP contribution in [-0.2, 0) is 4.79 Å². The summed E-state index contributed by atoms with van der Waals surface area (Å²) >= 11 is 1.30. The lowest BCUT2D eigenvalue weighted by Crippen LogP contribution is -2.36. The van der Waals surface area contributed by atoms with Gasteiger partial charge in [0, 0.05) is 4.88 Å². The predicted molar refractivity (Wildman–Crippen MR) is 70.5 cm³/mol. The molecule has 3 N–H and O–H groups in total. The maximum atomic E-state index is 11.9. The Kier molecular flexibility index (Phi) is 4.16. The van der Waals surface area contributed by atoms with Gasteiger partial charge >= 0.3 is 5.97 Å². The molecule has 2 aromatic heterocycles. The number of hydrogen-bond acceptors (Lipinski definition) is 6. The number of carbonyl (C=O) groups is 2. The van der Waals surface area contributed by atoms with Gasteiger partial charge in [0.2, 0.25) is 0 Å². The number of aliphatic hydroxyl groups is 1. The summed E-state index contributed by atoms with van der Waals surface area (Å²) in [6, 6.07) is 3.45. The van der Waals surface area contributed by atoms with Crippen LogP contribution in [0.4, 0.5) is 0 Å². The average molecular weight is 296 g/mol. The van der Waals surface area contributed by atoms with E-state index in [0.717, 1.165) is 0 Å². The lowest BCUT2D eigenvalue weighted by atomic mass is 10.3. The standard InChI is InChI=1S/C12H12N2O5S/c1-6-9(10(16)13-5-7(15)12(17)18)14-11(20-6)8-3-2-4-19-8/h2-4,7,15H,5H2,1H3,(H,13,16)(H,17,18)/t7-/m0/s1. The van der Waals surface area contributed by atoms with Gasteiger partial charge in [-0.05, 0) is 19.1 Å². The van der Waals surface area contributed by atoms with Crippen molar-refractivity contribution in [1.82, 2.24) is 10.3 Å². The van der Waals surface area contributed by atoms with E-state index in [2.05, 4.69) is 10.3 Å². The first-order valence-corrected chi connectivity index (χ1v) is 6.51. The Bertz CT molecular complexity index is 620. The summed E-state index contributed by atoms with van der Waals surface area (Å²) in [5.41, 5.74) is 0.194. The van der Waals surface area contributed by atoms with Gasteiger partial charge in [-0.15, -0.1) is 11.3 Å². The highest BCUT2D eigenvalue weighted by Crippen LogP contribution is 2.27. The zero-order chi connectivity index (χ0) is 14.7. The van der Waals surface area contributed by atoms with E-state index in [0.29, 0.717) is 15.6 Å². The lowest BCUT2D eigenvalue weighted by molar-refractivity contribution is -0.146. The number of nitrogens with one attached hydrogen (secondary N) is 1. The number of thiazole rings is 1. The number of amides is 1. The van der Waals surface area contributed by atoms with Crippen LogP contribution in [0.5, 0.6) is 0 Å². The molecule has 20 heavy (non-hydrogen) atoms. The van der Waals surface area contributed by atoms with Crippen molar-refractivity contribution in [3.8, 4) is 10.8 Å². The molecule has 0 aliphatic heterocycles. The number of aryl methyl sites for hydroxylation is 1. The van der Waals surface area contributed by atoms with Crippen molar-refractivity contribution < 1.29 is 24.2 Å². The summed E-state index contributed by atoms with van der Waals surface area (Å²) in [5, 5.41) is 20.5. The predicted octanol–water partition coefficient (Wildman–Crippen LogP) is 0.887. The van der Waals surface area contributed by atoms with E-state index < -0.39 is 18.0 Å². The van der Waals surface area contributed by atoms with Gasteiger partial charge in [-0.25, -0.2) is 9.78 Å². The highest BCUT2D eigenvalue weighted by Gasteiger charge is 2.20. The molecule has 0 unspecified atom stereocenters. The quantitative estimate of drug-likeness (QED) is 0.755.